The van der Waals surface area contributed by atoms with E-state index in [2.05, 4.69) is 79.9 Å². The van der Waals surface area contributed by atoms with Gasteiger partial charge in [0.25, 0.3) is 0 Å². The monoisotopic (exact) mass is 350 g/mol. The highest BCUT2D eigenvalue weighted by atomic mass is 16.5. The lowest BCUT2D eigenvalue weighted by Gasteiger charge is -2.27. The number of fused-ring (bicyclic) bond motifs is 1. The third-order valence-corrected chi connectivity index (χ3v) is 6.12. The first kappa shape index (κ1) is 17.6. The number of ether oxygens (including phenoxy) is 1. The van der Waals surface area contributed by atoms with E-state index in [9.17, 15) is 0 Å². The second-order valence-electron chi connectivity index (χ2n) is 8.82. The molecule has 0 amide bonds. The van der Waals surface area contributed by atoms with E-state index in [1.165, 1.54) is 23.1 Å². The summed E-state index contributed by atoms with van der Waals surface area (Å²) in [5.74, 6) is 1.70. The maximum absolute atomic E-state index is 5.63. The topological polar surface area (TPSA) is 33.3 Å². The van der Waals surface area contributed by atoms with Crippen LogP contribution in [-0.2, 0) is 12.0 Å². The molecule has 1 saturated carbocycles. The van der Waals surface area contributed by atoms with Gasteiger partial charge in [-0.15, -0.1) is 0 Å². The molecule has 2 aromatic carbocycles. The Bertz CT molecular complexity index is 781. The van der Waals surface area contributed by atoms with E-state index in [1.807, 2.05) is 0 Å². The molecule has 1 heterocycles. The molecule has 2 aliphatic rings. The summed E-state index contributed by atoms with van der Waals surface area (Å²) >= 11 is 0. The van der Waals surface area contributed by atoms with E-state index in [0.29, 0.717) is 6.04 Å². The number of nitrogens with one attached hydrogen (secondary N) is 2. The van der Waals surface area contributed by atoms with E-state index in [4.69, 9.17) is 4.74 Å². The molecule has 2 fully saturated rings. The van der Waals surface area contributed by atoms with Gasteiger partial charge in [-0.05, 0) is 34.9 Å². The van der Waals surface area contributed by atoms with Gasteiger partial charge >= 0.3 is 0 Å². The van der Waals surface area contributed by atoms with Gasteiger partial charge in [0, 0.05) is 24.2 Å². The summed E-state index contributed by atoms with van der Waals surface area (Å²) < 4.78 is 5.63. The first-order chi connectivity index (χ1) is 12.4. The van der Waals surface area contributed by atoms with Gasteiger partial charge in [0.2, 0.25) is 0 Å². The van der Waals surface area contributed by atoms with Crippen LogP contribution in [0.5, 0.6) is 5.75 Å². The van der Waals surface area contributed by atoms with Gasteiger partial charge in [0.1, 0.15) is 5.75 Å². The predicted molar refractivity (Wildman–Crippen MR) is 107 cm³/mol. The molecule has 2 aromatic rings. The highest BCUT2D eigenvalue weighted by Gasteiger charge is 2.62. The lowest BCUT2D eigenvalue weighted by molar-refractivity contribution is 0.385. The van der Waals surface area contributed by atoms with Crippen molar-refractivity contribution in [1.82, 2.24) is 10.6 Å². The minimum absolute atomic E-state index is 0.142. The fourth-order valence-corrected chi connectivity index (χ4v) is 4.42. The highest BCUT2D eigenvalue weighted by Crippen LogP contribution is 2.56. The van der Waals surface area contributed by atoms with Crippen molar-refractivity contribution < 1.29 is 4.74 Å². The number of rotatable bonds is 5. The van der Waals surface area contributed by atoms with Crippen LogP contribution in [-0.4, -0.2) is 19.2 Å². The summed E-state index contributed by atoms with van der Waals surface area (Å²) in [7, 11) is 1.76. The van der Waals surface area contributed by atoms with Crippen LogP contribution < -0.4 is 15.4 Å². The number of piperidine rings is 1. The zero-order valence-corrected chi connectivity index (χ0v) is 16.3. The molecule has 3 atom stereocenters. The standard InChI is InChI=1S/C23H30N2O/c1-22(2,3)18-10-11-20(26-4)17(12-18)14-25-23-13-19(23)15-24-21(23)16-8-6-5-7-9-16/h5-12,19,21,24-25H,13-15H2,1-4H3/t19-,21-,23-/m1/s1. The fraction of sp³-hybridized carbons (Fsp3) is 0.478. The van der Waals surface area contributed by atoms with Crippen molar-refractivity contribution >= 4 is 0 Å². The molecule has 0 unspecified atom stereocenters. The van der Waals surface area contributed by atoms with Crippen LogP contribution in [0.2, 0.25) is 0 Å². The van der Waals surface area contributed by atoms with E-state index >= 15 is 0 Å². The maximum Gasteiger partial charge on any atom is 0.123 e. The summed E-state index contributed by atoms with van der Waals surface area (Å²) in [5, 5.41) is 7.63. The Kier molecular flexibility index (Phi) is 4.32. The molecule has 4 rings (SSSR count). The van der Waals surface area contributed by atoms with Crippen LogP contribution in [0.25, 0.3) is 0 Å². The Morgan fingerprint density at radius 2 is 1.92 bits per heavy atom. The molecule has 0 spiro atoms. The average molecular weight is 351 g/mol. The molecule has 1 saturated heterocycles. The van der Waals surface area contributed by atoms with Crippen molar-refractivity contribution in [2.45, 2.75) is 50.7 Å². The molecular weight excluding hydrogens is 320 g/mol. The van der Waals surface area contributed by atoms with E-state index in [0.717, 1.165) is 24.8 Å². The van der Waals surface area contributed by atoms with Crippen LogP contribution in [0.3, 0.4) is 0 Å². The van der Waals surface area contributed by atoms with Crippen LogP contribution in [0.1, 0.15) is 49.9 Å². The molecule has 0 radical (unpaired) electrons. The van der Waals surface area contributed by atoms with E-state index in [1.54, 1.807) is 7.11 Å². The van der Waals surface area contributed by atoms with Crippen molar-refractivity contribution in [3.05, 3.63) is 65.2 Å². The van der Waals surface area contributed by atoms with Crippen molar-refractivity contribution in [1.29, 1.82) is 0 Å². The lowest BCUT2D eigenvalue weighted by atomic mass is 9.86. The summed E-state index contributed by atoms with van der Waals surface area (Å²) in [6.45, 7) is 8.72. The molecule has 3 heteroatoms. The average Bonchev–Trinajstić information content (AvgIpc) is 3.23. The molecule has 26 heavy (non-hydrogen) atoms. The summed E-state index contributed by atoms with van der Waals surface area (Å²) in [6, 6.07) is 17.8. The zero-order chi connectivity index (χ0) is 18.4. The molecule has 1 aliphatic carbocycles. The van der Waals surface area contributed by atoms with E-state index < -0.39 is 0 Å². The quantitative estimate of drug-likeness (QED) is 0.848. The van der Waals surface area contributed by atoms with Gasteiger partial charge in [-0.3, -0.25) is 0 Å². The van der Waals surface area contributed by atoms with E-state index in [-0.39, 0.29) is 11.0 Å². The summed E-state index contributed by atoms with van der Waals surface area (Å²) in [4.78, 5) is 0. The van der Waals surface area contributed by atoms with Gasteiger partial charge in [0.15, 0.2) is 0 Å². The van der Waals surface area contributed by atoms with Gasteiger partial charge in [0.05, 0.1) is 13.2 Å². The smallest absolute Gasteiger partial charge is 0.123 e. The number of methoxy groups -OCH3 is 1. The third-order valence-electron chi connectivity index (χ3n) is 6.12. The van der Waals surface area contributed by atoms with Gasteiger partial charge in [-0.1, -0.05) is 63.2 Å². The Morgan fingerprint density at radius 3 is 2.58 bits per heavy atom. The molecule has 1 aliphatic heterocycles. The Labute approximate surface area is 157 Å². The minimum Gasteiger partial charge on any atom is -0.496 e. The molecule has 138 valence electrons. The van der Waals surface area contributed by atoms with Crippen molar-refractivity contribution in [2.24, 2.45) is 5.92 Å². The second-order valence-corrected chi connectivity index (χ2v) is 8.82. The number of hydrogen-bond donors (Lipinski definition) is 2. The summed E-state index contributed by atoms with van der Waals surface area (Å²) in [5.41, 5.74) is 4.31. The van der Waals surface area contributed by atoms with Crippen molar-refractivity contribution in [2.75, 3.05) is 13.7 Å². The SMILES string of the molecule is COc1ccc(C(C)(C)C)cc1CN[C@]12C[C@@H]1CN[C@@H]2c1ccccc1. The Morgan fingerprint density at radius 1 is 1.15 bits per heavy atom. The second kappa shape index (κ2) is 6.40. The number of benzene rings is 2. The number of hydrogen-bond acceptors (Lipinski definition) is 3. The van der Waals surface area contributed by atoms with Crippen LogP contribution >= 0.6 is 0 Å². The van der Waals surface area contributed by atoms with Crippen LogP contribution in [0, 0.1) is 5.92 Å². The summed E-state index contributed by atoms with van der Waals surface area (Å²) in [6.07, 6.45) is 1.25. The molecular formula is C23H30N2O. The largest absolute Gasteiger partial charge is 0.496 e. The fourth-order valence-electron chi connectivity index (χ4n) is 4.42. The van der Waals surface area contributed by atoms with Crippen molar-refractivity contribution in [3.63, 3.8) is 0 Å². The first-order valence-corrected chi connectivity index (χ1v) is 9.65. The highest BCUT2D eigenvalue weighted by molar-refractivity contribution is 5.40. The lowest BCUT2D eigenvalue weighted by Crippen LogP contribution is -2.39. The van der Waals surface area contributed by atoms with Crippen LogP contribution in [0.4, 0.5) is 0 Å². The van der Waals surface area contributed by atoms with Gasteiger partial charge < -0.3 is 15.4 Å². The Balaban J connectivity index is 1.56. The zero-order valence-electron chi connectivity index (χ0n) is 16.3. The molecule has 3 nitrogen and oxygen atoms in total. The molecule has 0 aromatic heterocycles. The minimum atomic E-state index is 0.142. The molecule has 2 N–H and O–H groups in total. The maximum atomic E-state index is 5.63. The van der Waals surface area contributed by atoms with Crippen molar-refractivity contribution in [3.8, 4) is 5.75 Å². The normalized spacial score (nSPS) is 27.2. The van der Waals surface area contributed by atoms with Crippen LogP contribution in [0.15, 0.2) is 48.5 Å². The van der Waals surface area contributed by atoms with Gasteiger partial charge in [-0.2, -0.15) is 0 Å². The molecule has 0 bridgehead atoms. The predicted octanol–water partition coefficient (Wildman–Crippen LogP) is 4.19. The van der Waals surface area contributed by atoms with Gasteiger partial charge in [-0.25, -0.2) is 0 Å². The third kappa shape index (κ3) is 3.04. The first-order valence-electron chi connectivity index (χ1n) is 9.65. The Hall–Kier alpha value is -1.84.